The van der Waals surface area contributed by atoms with Crippen molar-refractivity contribution in [2.24, 2.45) is 5.73 Å². The minimum absolute atomic E-state index is 0.252. The minimum atomic E-state index is -0.547. The Morgan fingerprint density at radius 3 is 2.33 bits per heavy atom. The van der Waals surface area contributed by atoms with Crippen molar-refractivity contribution < 1.29 is 4.79 Å². The second-order valence-electron chi connectivity index (χ2n) is 1.86. The number of carbonyl (C=O) groups is 1. The Kier molecular flexibility index (Phi) is 2.95. The lowest BCUT2D eigenvalue weighted by molar-refractivity contribution is -0.117. The standard InChI is InChI=1S/C6H11N2O/c1-4(2)6(9)8-5(3)7/h5H,1,3,7H2,2H3,(H,8,9). The summed E-state index contributed by atoms with van der Waals surface area (Å²) in [5, 5.41) is 2.37. The maximum Gasteiger partial charge on any atom is 0.247 e. The number of nitrogens with one attached hydrogen (secondary N) is 1. The summed E-state index contributed by atoms with van der Waals surface area (Å²) in [6.07, 6.45) is -0.547. The largest absolute Gasteiger partial charge is 0.337 e. The van der Waals surface area contributed by atoms with Crippen LogP contribution >= 0.6 is 0 Å². The van der Waals surface area contributed by atoms with E-state index in [2.05, 4.69) is 18.8 Å². The van der Waals surface area contributed by atoms with Crippen LogP contribution in [0.4, 0.5) is 0 Å². The molecule has 0 fully saturated rings. The molecule has 0 aromatic rings. The highest BCUT2D eigenvalue weighted by molar-refractivity contribution is 5.92. The van der Waals surface area contributed by atoms with Crippen molar-refractivity contribution in [3.63, 3.8) is 0 Å². The molecule has 1 amide bonds. The maximum atomic E-state index is 10.6. The SMILES string of the molecule is [CH2]C(N)NC(=O)C(=C)C. The van der Waals surface area contributed by atoms with Crippen LogP contribution in [0, 0.1) is 6.92 Å². The van der Waals surface area contributed by atoms with Gasteiger partial charge in [-0.1, -0.05) is 6.58 Å². The molecule has 0 bridgehead atoms. The highest BCUT2D eigenvalue weighted by Gasteiger charge is 2.01. The molecule has 3 heteroatoms. The number of hydrogen-bond donors (Lipinski definition) is 2. The Bertz CT molecular complexity index is 129. The van der Waals surface area contributed by atoms with Crippen molar-refractivity contribution in [2.45, 2.75) is 13.1 Å². The lowest BCUT2D eigenvalue weighted by atomic mass is 10.3. The van der Waals surface area contributed by atoms with Crippen molar-refractivity contribution in [2.75, 3.05) is 0 Å². The van der Waals surface area contributed by atoms with Gasteiger partial charge in [-0.3, -0.25) is 4.79 Å². The summed E-state index contributed by atoms with van der Waals surface area (Å²) in [5.74, 6) is -0.252. The second kappa shape index (κ2) is 3.25. The van der Waals surface area contributed by atoms with Gasteiger partial charge in [0.15, 0.2) is 0 Å². The predicted octanol–water partition coefficient (Wildman–Crippen LogP) is -0.202. The summed E-state index contributed by atoms with van der Waals surface area (Å²) in [6.45, 7) is 8.39. The Balaban J connectivity index is 3.65. The quantitative estimate of drug-likeness (QED) is 0.398. The van der Waals surface area contributed by atoms with E-state index in [9.17, 15) is 4.79 Å². The molecule has 1 unspecified atom stereocenters. The van der Waals surface area contributed by atoms with Gasteiger partial charge >= 0.3 is 0 Å². The van der Waals surface area contributed by atoms with E-state index in [0.29, 0.717) is 5.57 Å². The monoisotopic (exact) mass is 127 g/mol. The van der Waals surface area contributed by atoms with E-state index < -0.39 is 6.17 Å². The molecular weight excluding hydrogens is 116 g/mol. The van der Waals surface area contributed by atoms with Crippen LogP contribution in [-0.2, 0) is 4.79 Å². The van der Waals surface area contributed by atoms with Gasteiger partial charge in [-0.15, -0.1) is 0 Å². The van der Waals surface area contributed by atoms with Crippen LogP contribution in [0.3, 0.4) is 0 Å². The van der Waals surface area contributed by atoms with Gasteiger partial charge in [0.25, 0.3) is 0 Å². The zero-order valence-corrected chi connectivity index (χ0v) is 5.48. The molecule has 0 aliphatic rings. The number of amides is 1. The van der Waals surface area contributed by atoms with Gasteiger partial charge in [0.1, 0.15) is 0 Å². The summed E-state index contributed by atoms with van der Waals surface area (Å²) in [4.78, 5) is 10.6. The van der Waals surface area contributed by atoms with Crippen LogP contribution in [0.15, 0.2) is 12.2 Å². The highest BCUT2D eigenvalue weighted by atomic mass is 16.1. The molecule has 1 radical (unpaired) electrons. The van der Waals surface area contributed by atoms with Crippen LogP contribution in [0.5, 0.6) is 0 Å². The Labute approximate surface area is 54.9 Å². The molecule has 1 atom stereocenters. The van der Waals surface area contributed by atoms with Crippen molar-refractivity contribution in [3.8, 4) is 0 Å². The molecule has 0 aromatic carbocycles. The normalized spacial score (nSPS) is 12.3. The molecule has 3 N–H and O–H groups in total. The summed E-state index contributed by atoms with van der Waals surface area (Å²) in [7, 11) is 0. The Morgan fingerprint density at radius 1 is 1.78 bits per heavy atom. The van der Waals surface area contributed by atoms with Gasteiger partial charge in [-0.05, 0) is 13.8 Å². The van der Waals surface area contributed by atoms with E-state index in [1.54, 1.807) is 6.92 Å². The number of carbonyl (C=O) groups excluding carboxylic acids is 1. The van der Waals surface area contributed by atoms with Gasteiger partial charge < -0.3 is 11.1 Å². The molecule has 0 saturated heterocycles. The van der Waals surface area contributed by atoms with Gasteiger partial charge in [0.2, 0.25) is 5.91 Å². The molecule has 9 heavy (non-hydrogen) atoms. The third-order valence-electron chi connectivity index (χ3n) is 0.704. The second-order valence-corrected chi connectivity index (χ2v) is 1.86. The first kappa shape index (κ1) is 8.17. The Hall–Kier alpha value is -0.830. The third-order valence-corrected chi connectivity index (χ3v) is 0.704. The number of rotatable bonds is 2. The van der Waals surface area contributed by atoms with Gasteiger partial charge in [-0.2, -0.15) is 0 Å². The van der Waals surface area contributed by atoms with Gasteiger partial charge in [0, 0.05) is 5.57 Å². The van der Waals surface area contributed by atoms with E-state index >= 15 is 0 Å². The van der Waals surface area contributed by atoms with Crippen LogP contribution in [0.1, 0.15) is 6.92 Å². The molecule has 51 valence electrons. The van der Waals surface area contributed by atoms with Crippen molar-refractivity contribution in [3.05, 3.63) is 19.1 Å². The smallest absolute Gasteiger partial charge is 0.247 e. The highest BCUT2D eigenvalue weighted by Crippen LogP contribution is 1.84. The first-order valence-electron chi connectivity index (χ1n) is 2.59. The predicted molar refractivity (Wildman–Crippen MR) is 36.3 cm³/mol. The van der Waals surface area contributed by atoms with Crippen molar-refractivity contribution >= 4 is 5.91 Å². The zero-order valence-electron chi connectivity index (χ0n) is 5.48. The van der Waals surface area contributed by atoms with Crippen LogP contribution in [0.2, 0.25) is 0 Å². The first-order chi connectivity index (χ1) is 4.04. The summed E-state index contributed by atoms with van der Waals surface area (Å²) in [5.41, 5.74) is 5.59. The van der Waals surface area contributed by atoms with Gasteiger partial charge in [0.05, 0.1) is 6.17 Å². The molecule has 0 saturated carbocycles. The molecule has 0 rings (SSSR count). The molecule has 0 spiro atoms. The number of nitrogens with two attached hydrogens (primary N) is 1. The average molecular weight is 127 g/mol. The summed E-state index contributed by atoms with van der Waals surface area (Å²) >= 11 is 0. The lowest BCUT2D eigenvalue weighted by Gasteiger charge is -2.06. The molecule has 0 heterocycles. The zero-order chi connectivity index (χ0) is 7.44. The Morgan fingerprint density at radius 2 is 2.22 bits per heavy atom. The topological polar surface area (TPSA) is 55.1 Å². The fourth-order valence-corrected chi connectivity index (χ4v) is 0.292. The molecule has 0 aliphatic carbocycles. The fourth-order valence-electron chi connectivity index (χ4n) is 0.292. The fraction of sp³-hybridized carbons (Fsp3) is 0.333. The van der Waals surface area contributed by atoms with E-state index in [1.807, 2.05) is 0 Å². The summed E-state index contributed by atoms with van der Waals surface area (Å²) < 4.78 is 0. The number of hydrogen-bond acceptors (Lipinski definition) is 2. The van der Waals surface area contributed by atoms with Crippen molar-refractivity contribution in [1.29, 1.82) is 0 Å². The lowest BCUT2D eigenvalue weighted by Crippen LogP contribution is -2.39. The summed E-state index contributed by atoms with van der Waals surface area (Å²) in [6, 6.07) is 0. The third kappa shape index (κ3) is 3.73. The molecule has 3 nitrogen and oxygen atoms in total. The molecule has 0 aromatic heterocycles. The van der Waals surface area contributed by atoms with Crippen LogP contribution in [-0.4, -0.2) is 12.1 Å². The van der Waals surface area contributed by atoms with E-state index in [0.717, 1.165) is 0 Å². The van der Waals surface area contributed by atoms with E-state index in [-0.39, 0.29) is 5.91 Å². The average Bonchev–Trinajstić information content (AvgIpc) is 1.63. The van der Waals surface area contributed by atoms with Crippen LogP contribution < -0.4 is 11.1 Å². The first-order valence-corrected chi connectivity index (χ1v) is 2.59. The van der Waals surface area contributed by atoms with E-state index in [4.69, 9.17) is 5.73 Å². The van der Waals surface area contributed by atoms with Crippen molar-refractivity contribution in [1.82, 2.24) is 5.32 Å². The van der Waals surface area contributed by atoms with Gasteiger partial charge in [-0.25, -0.2) is 0 Å². The van der Waals surface area contributed by atoms with E-state index in [1.165, 1.54) is 0 Å². The maximum absolute atomic E-state index is 10.6. The minimum Gasteiger partial charge on any atom is -0.337 e. The molecular formula is C6H11N2O. The van der Waals surface area contributed by atoms with Crippen LogP contribution in [0.25, 0.3) is 0 Å². The molecule has 0 aliphatic heterocycles.